The highest BCUT2D eigenvalue weighted by atomic mass is 16.3. The largest absolute Gasteiger partial charge is 0.464 e. The number of aryl methyl sites for hydroxylation is 1. The zero-order chi connectivity index (χ0) is 17.2. The van der Waals surface area contributed by atoms with Crippen molar-refractivity contribution in [1.29, 1.82) is 0 Å². The highest BCUT2D eigenvalue weighted by Crippen LogP contribution is 2.24. The fraction of sp³-hybridized carbons (Fsp3) is 0.263. The lowest BCUT2D eigenvalue weighted by atomic mass is 10.2. The van der Waals surface area contributed by atoms with Gasteiger partial charge in [0.05, 0.1) is 6.26 Å². The predicted molar refractivity (Wildman–Crippen MR) is 98.0 cm³/mol. The van der Waals surface area contributed by atoms with E-state index in [2.05, 4.69) is 15.2 Å². The van der Waals surface area contributed by atoms with E-state index in [1.165, 1.54) is 0 Å². The van der Waals surface area contributed by atoms with Gasteiger partial charge in [0.1, 0.15) is 11.4 Å². The zero-order valence-corrected chi connectivity index (χ0v) is 14.1. The molecule has 3 heterocycles. The van der Waals surface area contributed by atoms with Gasteiger partial charge in [0.15, 0.2) is 0 Å². The molecule has 0 bridgehead atoms. The smallest absolute Gasteiger partial charge is 0.321 e. The minimum Gasteiger partial charge on any atom is -0.464 e. The number of furan rings is 1. The van der Waals surface area contributed by atoms with Crippen molar-refractivity contribution in [3.63, 3.8) is 0 Å². The van der Waals surface area contributed by atoms with Crippen LogP contribution in [0.4, 0.5) is 16.3 Å². The van der Waals surface area contributed by atoms with E-state index in [-0.39, 0.29) is 6.03 Å². The van der Waals surface area contributed by atoms with Gasteiger partial charge in [-0.2, -0.15) is 0 Å². The number of fused-ring (bicyclic) bond motifs is 1. The van der Waals surface area contributed by atoms with Crippen LogP contribution in [0.15, 0.2) is 53.3 Å². The first-order chi connectivity index (χ1) is 12.2. The Morgan fingerprint density at radius 1 is 1.16 bits per heavy atom. The molecule has 1 saturated heterocycles. The van der Waals surface area contributed by atoms with Gasteiger partial charge in [0.2, 0.25) is 0 Å². The summed E-state index contributed by atoms with van der Waals surface area (Å²) in [6.07, 6.45) is 3.52. The summed E-state index contributed by atoms with van der Waals surface area (Å²) >= 11 is 0. The number of hydrogen-bond donors (Lipinski definition) is 1. The average Bonchev–Trinajstić information content (AvgIpc) is 3.03. The summed E-state index contributed by atoms with van der Waals surface area (Å²) in [7, 11) is 0. The summed E-state index contributed by atoms with van der Waals surface area (Å²) in [6.45, 7) is 4.91. The molecule has 3 aromatic rings. The molecule has 1 aromatic carbocycles. The number of rotatable bonds is 2. The maximum absolute atomic E-state index is 12.5. The number of carbonyl (C=O) groups is 1. The van der Waals surface area contributed by atoms with Crippen molar-refractivity contribution in [2.24, 2.45) is 0 Å². The van der Waals surface area contributed by atoms with Gasteiger partial charge >= 0.3 is 6.03 Å². The Morgan fingerprint density at radius 3 is 2.76 bits per heavy atom. The minimum atomic E-state index is -0.0684. The number of piperazine rings is 1. The van der Waals surface area contributed by atoms with Crippen molar-refractivity contribution in [3.8, 4) is 0 Å². The highest BCUT2D eigenvalue weighted by molar-refractivity contribution is 5.93. The molecular formula is C19H20N4O2. The number of aromatic nitrogens is 1. The summed E-state index contributed by atoms with van der Waals surface area (Å²) in [5.41, 5.74) is 2.68. The number of carbonyl (C=O) groups excluding carboxylic acids is 1. The number of anilines is 2. The fourth-order valence-electron chi connectivity index (χ4n) is 3.12. The van der Waals surface area contributed by atoms with Crippen molar-refractivity contribution in [2.45, 2.75) is 6.92 Å². The van der Waals surface area contributed by atoms with Gasteiger partial charge in [-0.3, -0.25) is 0 Å². The third kappa shape index (κ3) is 3.15. The van der Waals surface area contributed by atoms with Crippen molar-refractivity contribution < 1.29 is 9.21 Å². The monoisotopic (exact) mass is 336 g/mol. The van der Waals surface area contributed by atoms with Crippen LogP contribution in [0, 0.1) is 6.92 Å². The normalized spacial score (nSPS) is 14.8. The van der Waals surface area contributed by atoms with Gasteiger partial charge in [-0.05, 0) is 42.8 Å². The van der Waals surface area contributed by atoms with Gasteiger partial charge in [0, 0.05) is 43.4 Å². The topological polar surface area (TPSA) is 61.6 Å². The number of nitrogens with zero attached hydrogens (tertiary/aromatic N) is 3. The first-order valence-electron chi connectivity index (χ1n) is 8.40. The lowest BCUT2D eigenvalue weighted by Gasteiger charge is -2.35. The second-order valence-electron chi connectivity index (χ2n) is 6.22. The van der Waals surface area contributed by atoms with Crippen LogP contribution in [0.25, 0.3) is 11.0 Å². The Hall–Kier alpha value is -3.02. The maximum Gasteiger partial charge on any atom is 0.321 e. The van der Waals surface area contributed by atoms with E-state index in [1.54, 1.807) is 12.5 Å². The number of amides is 2. The Labute approximate surface area is 146 Å². The first kappa shape index (κ1) is 15.5. The summed E-state index contributed by atoms with van der Waals surface area (Å²) in [5.74, 6) is 0.962. The van der Waals surface area contributed by atoms with Crippen LogP contribution in [-0.4, -0.2) is 42.1 Å². The second kappa shape index (κ2) is 6.47. The molecule has 0 atom stereocenters. The Kier molecular flexibility index (Phi) is 4.01. The number of pyridine rings is 1. The van der Waals surface area contributed by atoms with Gasteiger partial charge < -0.3 is 19.5 Å². The standard InChI is InChI=1S/C19H20N4O2/c1-14-13-25-17-6-5-15(12-16(14)17)21-19(24)23-10-8-22(9-11-23)18-4-2-3-7-20-18/h2-7,12-13H,8-11H2,1H3,(H,21,24). The highest BCUT2D eigenvalue weighted by Gasteiger charge is 2.22. The molecule has 128 valence electrons. The van der Waals surface area contributed by atoms with E-state index in [4.69, 9.17) is 4.42 Å². The Balaban J connectivity index is 1.39. The lowest BCUT2D eigenvalue weighted by Crippen LogP contribution is -2.50. The third-order valence-electron chi connectivity index (χ3n) is 4.56. The van der Waals surface area contributed by atoms with Crippen molar-refractivity contribution in [1.82, 2.24) is 9.88 Å². The quantitative estimate of drug-likeness (QED) is 0.778. The summed E-state index contributed by atoms with van der Waals surface area (Å²) in [5, 5.41) is 4.01. The van der Waals surface area contributed by atoms with E-state index >= 15 is 0 Å². The van der Waals surface area contributed by atoms with E-state index in [0.29, 0.717) is 13.1 Å². The van der Waals surface area contributed by atoms with E-state index in [9.17, 15) is 4.79 Å². The molecule has 6 nitrogen and oxygen atoms in total. The molecule has 1 N–H and O–H groups in total. The molecule has 4 rings (SSSR count). The zero-order valence-electron chi connectivity index (χ0n) is 14.1. The number of benzene rings is 1. The van der Waals surface area contributed by atoms with Crippen LogP contribution in [0.3, 0.4) is 0 Å². The molecule has 25 heavy (non-hydrogen) atoms. The van der Waals surface area contributed by atoms with E-state index in [1.807, 2.05) is 48.2 Å². The number of urea groups is 1. The Morgan fingerprint density at radius 2 is 2.00 bits per heavy atom. The average molecular weight is 336 g/mol. The molecule has 0 aliphatic carbocycles. The van der Waals surface area contributed by atoms with Gasteiger partial charge in [-0.15, -0.1) is 0 Å². The van der Waals surface area contributed by atoms with E-state index < -0.39 is 0 Å². The van der Waals surface area contributed by atoms with Crippen LogP contribution in [0.2, 0.25) is 0 Å². The molecule has 0 spiro atoms. The number of hydrogen-bond acceptors (Lipinski definition) is 4. The van der Waals surface area contributed by atoms with Crippen molar-refractivity contribution in [2.75, 3.05) is 36.4 Å². The summed E-state index contributed by atoms with van der Waals surface area (Å²) in [4.78, 5) is 20.9. The molecule has 2 aromatic heterocycles. The summed E-state index contributed by atoms with van der Waals surface area (Å²) in [6, 6.07) is 11.5. The molecule has 1 aliphatic rings. The van der Waals surface area contributed by atoms with E-state index in [0.717, 1.165) is 41.1 Å². The predicted octanol–water partition coefficient (Wildman–Crippen LogP) is 3.49. The molecule has 6 heteroatoms. The molecule has 0 saturated carbocycles. The molecule has 0 radical (unpaired) electrons. The number of nitrogens with one attached hydrogen (secondary N) is 1. The molecule has 2 amide bonds. The minimum absolute atomic E-state index is 0.0684. The van der Waals surface area contributed by atoms with Crippen molar-refractivity contribution in [3.05, 3.63) is 54.4 Å². The van der Waals surface area contributed by atoms with Crippen LogP contribution in [-0.2, 0) is 0 Å². The second-order valence-corrected chi connectivity index (χ2v) is 6.22. The van der Waals surface area contributed by atoms with Gasteiger partial charge in [0.25, 0.3) is 0 Å². The van der Waals surface area contributed by atoms with Crippen LogP contribution in [0.5, 0.6) is 0 Å². The van der Waals surface area contributed by atoms with Crippen LogP contribution < -0.4 is 10.2 Å². The first-order valence-corrected chi connectivity index (χ1v) is 8.40. The van der Waals surface area contributed by atoms with Crippen molar-refractivity contribution >= 4 is 28.5 Å². The fourth-order valence-corrected chi connectivity index (χ4v) is 3.12. The van der Waals surface area contributed by atoms with Gasteiger partial charge in [-0.1, -0.05) is 6.07 Å². The van der Waals surface area contributed by atoms with Crippen LogP contribution in [0.1, 0.15) is 5.56 Å². The van der Waals surface area contributed by atoms with Gasteiger partial charge in [-0.25, -0.2) is 9.78 Å². The molecule has 0 unspecified atom stereocenters. The molecular weight excluding hydrogens is 316 g/mol. The lowest BCUT2D eigenvalue weighted by molar-refractivity contribution is 0.208. The SMILES string of the molecule is Cc1coc2ccc(NC(=O)N3CCN(c4ccccn4)CC3)cc12. The summed E-state index contributed by atoms with van der Waals surface area (Å²) < 4.78 is 5.44. The molecule has 1 fully saturated rings. The van der Waals surface area contributed by atoms with Crippen LogP contribution >= 0.6 is 0 Å². The third-order valence-corrected chi connectivity index (χ3v) is 4.56. The Bertz CT molecular complexity index is 883. The maximum atomic E-state index is 12.5. The molecule has 1 aliphatic heterocycles.